The van der Waals surface area contributed by atoms with Crippen LogP contribution in [0.1, 0.15) is 160 Å². The average Bonchev–Trinajstić information content (AvgIpc) is 0.992. The van der Waals surface area contributed by atoms with Gasteiger partial charge in [0.05, 0.1) is 19.6 Å². The van der Waals surface area contributed by atoms with E-state index in [1.54, 1.807) is 183 Å². The number of guanidine groups is 3. The first-order chi connectivity index (χ1) is 67.1. The molecule has 142 heavy (non-hydrogen) atoms. The fraction of sp³-hybridized carbons (Fsp3) is 0.292. The van der Waals surface area contributed by atoms with Gasteiger partial charge in [0.15, 0.2) is 5.96 Å². The van der Waals surface area contributed by atoms with Crippen molar-refractivity contribution in [3.05, 3.63) is 283 Å². The number of amides is 12. The number of urea groups is 2. The van der Waals surface area contributed by atoms with Gasteiger partial charge in [-0.25, -0.2) is 53.2 Å². The zero-order chi connectivity index (χ0) is 104. The summed E-state index contributed by atoms with van der Waals surface area (Å²) in [5.41, 5.74) is 21.3. The van der Waals surface area contributed by atoms with Gasteiger partial charge in [-0.3, -0.25) is 46.3 Å². The highest BCUT2D eigenvalue weighted by molar-refractivity contribution is 6.07. The second kappa shape index (κ2) is 55.1. The molecule has 1 saturated heterocycles. The fourth-order valence-electron chi connectivity index (χ4n) is 12.5. The SMILES string of the molecule is C1CCOC1.CC(=O)Nc1ccc(N)cc1.CC(=O)Nc1ccc(NC(=O)NC(=NCc2cccc3ccccc23)NC(=O)OC(C)(C)C)cc1.CC(=O)Nc1ccc(NC(=O)NC(N)=NCc2cccc3ccccc23)cc1.CC(C)(C)OC(=O)N=C(NC(=O)OC(C)(C)C)n1cccn1.CC(C)(C)OC(=O)NC(=NCc1cccc2ccccc12)NC(=O)OC(C)(C)C.NCc1cccc2ccccc12. The number of hydrogen-bond donors (Lipinski definition) is 14. The van der Waals surface area contributed by atoms with Crippen LogP contribution in [-0.2, 0) is 69.0 Å². The molecule has 0 aliphatic carbocycles. The van der Waals surface area contributed by atoms with E-state index >= 15 is 0 Å². The van der Waals surface area contributed by atoms with E-state index in [9.17, 15) is 47.9 Å². The number of nitrogens with zero attached hydrogens (tertiary/aromatic N) is 6. The van der Waals surface area contributed by atoms with Crippen LogP contribution < -0.4 is 75.7 Å². The summed E-state index contributed by atoms with van der Waals surface area (Å²) in [4.78, 5) is 134. The highest BCUT2D eigenvalue weighted by Gasteiger charge is 2.25. The molecule has 36 heteroatoms. The van der Waals surface area contributed by atoms with Gasteiger partial charge in [-0.15, -0.1) is 4.99 Å². The third kappa shape index (κ3) is 44.7. The molecule has 0 radical (unpaired) electrons. The molecule has 0 unspecified atom stereocenters. The number of ether oxygens (including phenoxy) is 6. The number of hydrogen-bond acceptors (Lipinski definition) is 22. The lowest BCUT2D eigenvalue weighted by Crippen LogP contribution is -2.47. The lowest BCUT2D eigenvalue weighted by Gasteiger charge is -2.22. The summed E-state index contributed by atoms with van der Waals surface area (Å²) in [6, 6.07) is 77.0. The topological polar surface area (TPSA) is 504 Å². The summed E-state index contributed by atoms with van der Waals surface area (Å²) in [7, 11) is 0. The second-order valence-electron chi connectivity index (χ2n) is 36.5. The van der Waals surface area contributed by atoms with Gasteiger partial charge in [0.1, 0.15) is 28.0 Å². The number of aliphatic imine (C=N–C) groups is 4. The predicted octanol–water partition coefficient (Wildman–Crippen LogP) is 20.0. The molecule has 12 aromatic rings. The molecule has 13 rings (SSSR count). The molecule has 11 aromatic carbocycles. The number of nitrogen functional groups attached to an aromatic ring is 1. The van der Waals surface area contributed by atoms with Crippen molar-refractivity contribution in [2.24, 2.45) is 31.4 Å². The van der Waals surface area contributed by atoms with Crippen molar-refractivity contribution in [2.75, 3.05) is 45.5 Å². The average molecular weight is 1940 g/mol. The molecule has 1 aromatic heterocycles. The smallest absolute Gasteiger partial charge is 0.437 e. The van der Waals surface area contributed by atoms with Crippen LogP contribution in [0.5, 0.6) is 0 Å². The molecule has 1 aliphatic rings. The monoisotopic (exact) mass is 1940 g/mol. The first-order valence-electron chi connectivity index (χ1n) is 45.5. The predicted molar refractivity (Wildman–Crippen MR) is 561 cm³/mol. The van der Waals surface area contributed by atoms with Crippen LogP contribution in [0.3, 0.4) is 0 Å². The van der Waals surface area contributed by atoms with E-state index in [4.69, 9.17) is 45.6 Å². The number of carbonyl (C=O) groups excluding carboxylic acids is 10. The van der Waals surface area contributed by atoms with Crippen LogP contribution in [-0.4, -0.2) is 135 Å². The fourth-order valence-corrected chi connectivity index (χ4v) is 12.5. The van der Waals surface area contributed by atoms with Crippen LogP contribution in [0.15, 0.2) is 281 Å². The van der Waals surface area contributed by atoms with E-state index in [-0.39, 0.29) is 54.6 Å². The molecule has 0 spiro atoms. The minimum Gasteiger partial charge on any atom is -0.444 e. The van der Waals surface area contributed by atoms with Crippen molar-refractivity contribution in [1.29, 1.82) is 0 Å². The molecule has 12 amide bonds. The zero-order valence-corrected chi connectivity index (χ0v) is 83.4. The van der Waals surface area contributed by atoms with Gasteiger partial charge in [-0.1, -0.05) is 170 Å². The number of benzene rings is 11. The molecule has 1 aliphatic heterocycles. The van der Waals surface area contributed by atoms with Crippen molar-refractivity contribution in [3.63, 3.8) is 0 Å². The van der Waals surface area contributed by atoms with Crippen LogP contribution in [0, 0.1) is 0 Å². The number of nitrogens with one attached hydrogen (secondary N) is 11. The van der Waals surface area contributed by atoms with Crippen molar-refractivity contribution < 1.29 is 76.4 Å². The third-order valence-corrected chi connectivity index (χ3v) is 18.2. The number of aromatic nitrogens is 2. The van der Waals surface area contributed by atoms with E-state index in [1.807, 2.05) is 146 Å². The van der Waals surface area contributed by atoms with E-state index in [0.29, 0.717) is 41.5 Å². The second-order valence-corrected chi connectivity index (χ2v) is 36.5. The molecular weight excluding hydrogens is 1810 g/mol. The lowest BCUT2D eigenvalue weighted by atomic mass is 10.1. The van der Waals surface area contributed by atoms with Crippen molar-refractivity contribution in [1.82, 2.24) is 41.7 Å². The maximum absolute atomic E-state index is 12.6. The Morgan fingerprint density at radius 1 is 0.352 bits per heavy atom. The van der Waals surface area contributed by atoms with Gasteiger partial charge < -0.3 is 72.2 Å². The molecule has 1 fully saturated rings. The molecule has 17 N–H and O–H groups in total. The van der Waals surface area contributed by atoms with E-state index in [0.717, 1.165) is 67.9 Å². The highest BCUT2D eigenvalue weighted by atomic mass is 16.6. The third-order valence-electron chi connectivity index (χ3n) is 18.2. The van der Waals surface area contributed by atoms with Crippen molar-refractivity contribution in [2.45, 2.75) is 192 Å². The maximum Gasteiger partial charge on any atom is 0.437 e. The Hall–Kier alpha value is -16.6. The standard InChI is InChI=1S/C26H29N5O4.C22H29N3O4.C21H21N5O2.C14H22N4O4.C11H11N.C8H10N2O.C4H8O/c1-17(32)28-20-12-14-21(15-13-20)29-24(33)30-23(31-25(34)35-26(2,3)4)27-16-19-10-7-9-18-8-5-6-11-22(18)19;1-21(2,3)28-19(26)24-18(25-20(27)29-22(4,5)6)23-14-16-12-9-11-15-10-7-8-13-17(15)16;1-14(27)24-17-9-11-18(12-10-17)25-21(28)26-20(22)23-13-16-7-4-6-15-5-2-3-8-19(15)16;1-13(2,3)21-11(19)16-10(18-9-7-8-15-18)17-12(20)22-14(4,5)6;12-8-10-6-3-5-9-4-1-2-7-11(9)10;1-6(11)10-8-4-2-7(9)3-5-8;1-2-4-5-3-1/h5-15H,16H2,1-4H3,(H,28,32)(H3,27,29,30,31,33,34);7-13H,14H2,1-6H3,(H2,23,24,25,26,27);2-12H,13H2,1H3,(H,24,27)(H4,22,23,25,26,28);7-9H,1-6H3,(H,16,17,19,20);1-7H,8,12H2;2-5H,9H2,1H3,(H,10,11);1-4H2. The summed E-state index contributed by atoms with van der Waals surface area (Å²) < 4.78 is 32.2. The summed E-state index contributed by atoms with van der Waals surface area (Å²) in [6.45, 7) is 33.8. The minimum absolute atomic E-state index is 0.0281. The minimum atomic E-state index is -0.839. The van der Waals surface area contributed by atoms with Crippen LogP contribution in [0.25, 0.3) is 43.1 Å². The molecular formula is C106H130N20O16. The van der Waals surface area contributed by atoms with Gasteiger partial charge in [0.25, 0.3) is 0 Å². The summed E-state index contributed by atoms with van der Waals surface area (Å²) in [5, 5.41) is 41.1. The molecule has 0 bridgehead atoms. The molecule has 750 valence electrons. The number of anilines is 6. The number of fused-ring (bicyclic) bond motifs is 4. The number of rotatable bonds is 12. The van der Waals surface area contributed by atoms with Crippen molar-refractivity contribution in [3.8, 4) is 0 Å². The number of alkyl carbamates (subject to hydrolysis) is 4. The summed E-state index contributed by atoms with van der Waals surface area (Å²) >= 11 is 0. The normalized spacial score (nSPS) is 11.8. The van der Waals surface area contributed by atoms with Gasteiger partial charge in [0.2, 0.25) is 35.6 Å². The molecule has 2 heterocycles. The number of carbonyl (C=O) groups is 10. The van der Waals surface area contributed by atoms with Crippen LogP contribution in [0.4, 0.5) is 67.7 Å². The lowest BCUT2D eigenvalue weighted by molar-refractivity contribution is -0.115. The van der Waals surface area contributed by atoms with E-state index in [1.165, 1.54) is 67.0 Å². The van der Waals surface area contributed by atoms with Crippen LogP contribution in [0.2, 0.25) is 0 Å². The summed E-state index contributed by atoms with van der Waals surface area (Å²) in [6.07, 6.45) is 1.81. The molecule has 0 saturated carbocycles. The number of nitrogens with two attached hydrogens (primary N) is 3. The zero-order valence-electron chi connectivity index (χ0n) is 83.4. The molecule has 36 nitrogen and oxygen atoms in total. The Balaban J connectivity index is 0.000000236. The first-order valence-corrected chi connectivity index (χ1v) is 45.5. The van der Waals surface area contributed by atoms with E-state index in [2.05, 4.69) is 108 Å². The van der Waals surface area contributed by atoms with Gasteiger partial charge in [-0.05, 0) is 261 Å². The Morgan fingerprint density at radius 3 is 0.965 bits per heavy atom. The van der Waals surface area contributed by atoms with E-state index < -0.39 is 70.5 Å². The van der Waals surface area contributed by atoms with Crippen LogP contribution >= 0.6 is 0 Å². The molecule has 0 atom stereocenters. The largest absolute Gasteiger partial charge is 0.444 e. The highest BCUT2D eigenvalue weighted by Crippen LogP contribution is 2.25. The maximum atomic E-state index is 12.6. The summed E-state index contributed by atoms with van der Waals surface area (Å²) in [5.74, 6) is -0.595. The first kappa shape index (κ1) is 112. The van der Waals surface area contributed by atoms with Gasteiger partial charge >= 0.3 is 42.5 Å². The Kier molecular flexibility index (Phi) is 43.6. The van der Waals surface area contributed by atoms with Gasteiger partial charge in [0, 0.05) is 87.0 Å². The Bertz CT molecular complexity index is 6290. The quantitative estimate of drug-likeness (QED) is 0.0234. The van der Waals surface area contributed by atoms with Gasteiger partial charge in [-0.2, -0.15) is 5.10 Å². The Morgan fingerprint density at radius 2 is 0.648 bits per heavy atom. The van der Waals surface area contributed by atoms with Crippen molar-refractivity contribution >= 4 is 161 Å². The Labute approximate surface area is 827 Å².